The average molecular weight is 250 g/mol. The van der Waals surface area contributed by atoms with Gasteiger partial charge in [0.05, 0.1) is 4.91 Å². The molecule has 0 spiro atoms. The fourth-order valence-corrected chi connectivity index (χ4v) is 3.31. The van der Waals surface area contributed by atoms with Crippen molar-refractivity contribution in [3.63, 3.8) is 0 Å². The summed E-state index contributed by atoms with van der Waals surface area (Å²) in [5.74, 6) is -0.441. The summed E-state index contributed by atoms with van der Waals surface area (Å²) in [6.45, 7) is 0. The van der Waals surface area contributed by atoms with Gasteiger partial charge in [0.2, 0.25) is 0 Å². The van der Waals surface area contributed by atoms with E-state index in [0.717, 1.165) is 5.70 Å². The van der Waals surface area contributed by atoms with Crippen molar-refractivity contribution < 1.29 is 9.00 Å². The SMILES string of the molecule is NS1(=O)=NC(=O)C2=C1C=C(n1cccn1)CC2. The lowest BCUT2D eigenvalue weighted by molar-refractivity contribution is -0.114. The number of carbonyl (C=O) groups excluding carboxylic acids is 1. The standard InChI is InChI=1S/C10H10N4O2S/c11-17(16)9-6-7(14-5-1-4-12-14)2-3-8(9)10(15)13-17/h1,4-6H,2-3H2,(H2,11,13,15,16). The predicted molar refractivity (Wildman–Crippen MR) is 62.5 cm³/mol. The third kappa shape index (κ3) is 1.55. The van der Waals surface area contributed by atoms with Gasteiger partial charge >= 0.3 is 0 Å². The number of rotatable bonds is 1. The average Bonchev–Trinajstić information content (AvgIpc) is 2.87. The van der Waals surface area contributed by atoms with Crippen LogP contribution in [-0.4, -0.2) is 19.9 Å². The van der Waals surface area contributed by atoms with Crippen LogP contribution in [0.5, 0.6) is 0 Å². The molecule has 1 aliphatic heterocycles. The molecule has 0 radical (unpaired) electrons. The summed E-state index contributed by atoms with van der Waals surface area (Å²) < 4.78 is 17.1. The Morgan fingerprint density at radius 1 is 1.41 bits per heavy atom. The molecule has 0 bridgehead atoms. The Hall–Kier alpha value is -1.73. The Labute approximate surface area is 98.1 Å². The van der Waals surface area contributed by atoms with E-state index >= 15 is 0 Å². The molecule has 1 aromatic rings. The quantitative estimate of drug-likeness (QED) is 0.793. The Morgan fingerprint density at radius 3 is 2.94 bits per heavy atom. The fraction of sp³-hybridized carbons (Fsp3) is 0.200. The van der Waals surface area contributed by atoms with Crippen LogP contribution in [0.2, 0.25) is 0 Å². The summed E-state index contributed by atoms with van der Waals surface area (Å²) in [5, 5.41) is 9.64. The smallest absolute Gasteiger partial charge is 0.266 e. The first-order valence-corrected chi connectivity index (χ1v) is 6.69. The van der Waals surface area contributed by atoms with Gasteiger partial charge in [-0.2, -0.15) is 5.10 Å². The van der Waals surface area contributed by atoms with Gasteiger partial charge in [-0.15, -0.1) is 4.36 Å². The molecule has 0 saturated heterocycles. The fourth-order valence-electron chi connectivity index (χ4n) is 2.01. The van der Waals surface area contributed by atoms with Gasteiger partial charge in [0.15, 0.2) is 0 Å². The Balaban J connectivity index is 2.14. The van der Waals surface area contributed by atoms with E-state index in [0.29, 0.717) is 23.3 Å². The Bertz CT molecular complexity index is 675. The van der Waals surface area contributed by atoms with Gasteiger partial charge in [0.1, 0.15) is 9.92 Å². The summed E-state index contributed by atoms with van der Waals surface area (Å²) in [7, 11) is -3.03. The van der Waals surface area contributed by atoms with Crippen LogP contribution in [0.4, 0.5) is 0 Å². The summed E-state index contributed by atoms with van der Waals surface area (Å²) in [5.41, 5.74) is 1.35. The Kier molecular flexibility index (Phi) is 2.07. The normalized spacial score (nSPS) is 27.8. The zero-order valence-corrected chi connectivity index (χ0v) is 9.68. The summed E-state index contributed by atoms with van der Waals surface area (Å²) in [6, 6.07) is 1.80. The number of hydrogen-bond acceptors (Lipinski definition) is 3. The van der Waals surface area contributed by atoms with Gasteiger partial charge in [0, 0.05) is 23.7 Å². The first-order chi connectivity index (χ1) is 8.08. The molecule has 0 saturated carbocycles. The number of allylic oxidation sites excluding steroid dienone is 2. The topological polar surface area (TPSA) is 90.3 Å². The maximum absolute atomic E-state index is 11.9. The highest BCUT2D eigenvalue weighted by Crippen LogP contribution is 2.33. The highest BCUT2D eigenvalue weighted by Gasteiger charge is 2.31. The lowest BCUT2D eigenvalue weighted by Crippen LogP contribution is -2.14. The van der Waals surface area contributed by atoms with Crippen molar-refractivity contribution in [1.29, 1.82) is 0 Å². The predicted octanol–water partition coefficient (Wildman–Crippen LogP) is 0.654. The van der Waals surface area contributed by atoms with E-state index in [9.17, 15) is 9.00 Å². The lowest BCUT2D eigenvalue weighted by atomic mass is 10.0. The molecule has 0 fully saturated rings. The van der Waals surface area contributed by atoms with Gasteiger partial charge in [-0.25, -0.2) is 14.0 Å². The summed E-state index contributed by atoms with van der Waals surface area (Å²) in [4.78, 5) is 11.8. The molecule has 1 aromatic heterocycles. The van der Waals surface area contributed by atoms with Crippen LogP contribution < -0.4 is 5.14 Å². The minimum absolute atomic E-state index is 0.360. The van der Waals surface area contributed by atoms with E-state index in [1.165, 1.54) is 0 Å². The zero-order valence-electron chi connectivity index (χ0n) is 8.87. The number of hydrogen-bond donors (Lipinski definition) is 1. The molecule has 2 N–H and O–H groups in total. The molecule has 88 valence electrons. The molecular formula is C10H10N4O2S. The van der Waals surface area contributed by atoms with Crippen molar-refractivity contribution in [2.24, 2.45) is 9.50 Å². The summed E-state index contributed by atoms with van der Waals surface area (Å²) in [6.07, 6.45) is 6.30. The van der Waals surface area contributed by atoms with Crippen LogP contribution in [0, 0.1) is 0 Å². The number of carbonyl (C=O) groups is 1. The third-order valence-corrected chi connectivity index (χ3v) is 4.25. The van der Waals surface area contributed by atoms with Gasteiger partial charge in [0.25, 0.3) is 5.91 Å². The molecule has 6 nitrogen and oxygen atoms in total. The monoisotopic (exact) mass is 250 g/mol. The van der Waals surface area contributed by atoms with Crippen molar-refractivity contribution >= 4 is 21.5 Å². The van der Waals surface area contributed by atoms with Crippen LogP contribution in [0.25, 0.3) is 5.70 Å². The van der Waals surface area contributed by atoms with Gasteiger partial charge in [-0.1, -0.05) is 0 Å². The minimum Gasteiger partial charge on any atom is -0.266 e. The van der Waals surface area contributed by atoms with Crippen molar-refractivity contribution in [2.75, 3.05) is 0 Å². The molecule has 1 unspecified atom stereocenters. The highest BCUT2D eigenvalue weighted by molar-refractivity contribution is 7.96. The Morgan fingerprint density at radius 2 is 2.24 bits per heavy atom. The van der Waals surface area contributed by atoms with Crippen molar-refractivity contribution in [1.82, 2.24) is 9.78 Å². The lowest BCUT2D eigenvalue weighted by Gasteiger charge is -2.14. The highest BCUT2D eigenvalue weighted by atomic mass is 32.2. The molecule has 2 aliphatic rings. The third-order valence-electron chi connectivity index (χ3n) is 2.82. The molecule has 1 aliphatic carbocycles. The first-order valence-electron chi connectivity index (χ1n) is 5.11. The van der Waals surface area contributed by atoms with Crippen LogP contribution >= 0.6 is 0 Å². The summed E-state index contributed by atoms with van der Waals surface area (Å²) >= 11 is 0. The second kappa shape index (κ2) is 3.38. The second-order valence-electron chi connectivity index (χ2n) is 3.89. The van der Waals surface area contributed by atoms with E-state index in [1.807, 2.05) is 0 Å². The molecule has 7 heteroatoms. The zero-order chi connectivity index (χ0) is 12.0. The number of amides is 1. The van der Waals surface area contributed by atoms with Crippen LogP contribution in [0.1, 0.15) is 12.8 Å². The van der Waals surface area contributed by atoms with Gasteiger partial charge in [-0.05, 0) is 25.0 Å². The number of aromatic nitrogens is 2. The van der Waals surface area contributed by atoms with Crippen molar-refractivity contribution in [2.45, 2.75) is 12.8 Å². The van der Waals surface area contributed by atoms with E-state index in [4.69, 9.17) is 5.14 Å². The molecule has 3 rings (SSSR count). The molecule has 2 heterocycles. The van der Waals surface area contributed by atoms with Crippen molar-refractivity contribution in [3.05, 3.63) is 35.0 Å². The van der Waals surface area contributed by atoms with E-state index in [2.05, 4.69) is 9.46 Å². The maximum Gasteiger partial charge on any atom is 0.283 e. The van der Waals surface area contributed by atoms with Crippen molar-refractivity contribution in [3.8, 4) is 0 Å². The largest absolute Gasteiger partial charge is 0.283 e. The van der Waals surface area contributed by atoms with Crippen LogP contribution in [0.3, 0.4) is 0 Å². The van der Waals surface area contributed by atoms with Gasteiger partial charge < -0.3 is 0 Å². The molecule has 0 aromatic carbocycles. The van der Waals surface area contributed by atoms with Crippen LogP contribution in [-0.2, 0) is 14.7 Å². The van der Waals surface area contributed by atoms with Gasteiger partial charge in [-0.3, -0.25) is 4.79 Å². The molecule has 1 atom stereocenters. The van der Waals surface area contributed by atoms with E-state index in [1.54, 1.807) is 29.2 Å². The van der Waals surface area contributed by atoms with Crippen LogP contribution in [0.15, 0.2) is 39.4 Å². The molecule has 17 heavy (non-hydrogen) atoms. The number of nitrogens with two attached hydrogens (primary N) is 1. The minimum atomic E-state index is -3.03. The molecular weight excluding hydrogens is 240 g/mol. The molecule has 1 amide bonds. The van der Waals surface area contributed by atoms with E-state index < -0.39 is 15.8 Å². The van der Waals surface area contributed by atoms with E-state index in [-0.39, 0.29) is 0 Å². The second-order valence-corrected chi connectivity index (χ2v) is 5.65. The number of nitrogens with zero attached hydrogens (tertiary/aromatic N) is 3. The maximum atomic E-state index is 11.9. The first kappa shape index (κ1) is 10.4.